The van der Waals surface area contributed by atoms with Gasteiger partial charge in [-0.2, -0.15) is 0 Å². The van der Waals surface area contributed by atoms with Gasteiger partial charge >= 0.3 is 0 Å². The van der Waals surface area contributed by atoms with Crippen molar-refractivity contribution >= 4 is 23.5 Å². The van der Waals surface area contributed by atoms with Crippen LogP contribution in [0.5, 0.6) is 0 Å². The number of aliphatic imine (C=N–C) groups is 1. The second-order valence-corrected chi connectivity index (χ2v) is 7.81. The first-order chi connectivity index (χ1) is 14.2. The molecule has 0 radical (unpaired) electrons. The summed E-state index contributed by atoms with van der Waals surface area (Å²) >= 11 is 5.93. The Morgan fingerprint density at radius 2 is 2.03 bits per heavy atom. The Kier molecular flexibility index (Phi) is 8.58. The zero-order valence-corrected chi connectivity index (χ0v) is 17.9. The number of guanidine groups is 1. The van der Waals surface area contributed by atoms with Gasteiger partial charge in [0.15, 0.2) is 5.96 Å². The molecule has 7 nitrogen and oxygen atoms in total. The number of nitrogens with one attached hydrogen (secondary N) is 1. The molecule has 0 unspecified atom stereocenters. The van der Waals surface area contributed by atoms with Crippen LogP contribution in [-0.4, -0.2) is 80.8 Å². The van der Waals surface area contributed by atoms with E-state index < -0.39 is 0 Å². The Balaban J connectivity index is 1.37. The number of benzene rings is 1. The molecule has 0 saturated carbocycles. The molecule has 2 saturated heterocycles. The van der Waals surface area contributed by atoms with Crippen molar-refractivity contribution in [2.24, 2.45) is 4.99 Å². The number of nitrogens with zero attached hydrogens (tertiary/aromatic N) is 3. The van der Waals surface area contributed by atoms with Gasteiger partial charge in [-0.1, -0.05) is 23.7 Å². The van der Waals surface area contributed by atoms with Gasteiger partial charge in [-0.15, -0.1) is 0 Å². The van der Waals surface area contributed by atoms with E-state index in [-0.39, 0.29) is 5.91 Å². The van der Waals surface area contributed by atoms with Crippen LogP contribution in [0.2, 0.25) is 5.02 Å². The summed E-state index contributed by atoms with van der Waals surface area (Å²) < 4.78 is 11.2. The molecule has 3 rings (SSSR count). The van der Waals surface area contributed by atoms with E-state index in [4.69, 9.17) is 21.1 Å². The van der Waals surface area contributed by atoms with Crippen molar-refractivity contribution in [2.45, 2.75) is 31.9 Å². The third kappa shape index (κ3) is 6.87. The van der Waals surface area contributed by atoms with E-state index in [1.807, 2.05) is 34.1 Å². The Bertz CT molecular complexity index is 677. The van der Waals surface area contributed by atoms with Gasteiger partial charge in [-0.05, 0) is 37.0 Å². The lowest BCUT2D eigenvalue weighted by molar-refractivity contribution is -0.135. The van der Waals surface area contributed by atoms with E-state index in [1.54, 1.807) is 7.05 Å². The maximum absolute atomic E-state index is 12.6. The lowest BCUT2D eigenvalue weighted by atomic mass is 10.1. The number of halogens is 1. The van der Waals surface area contributed by atoms with E-state index in [0.717, 1.165) is 63.7 Å². The highest BCUT2D eigenvalue weighted by molar-refractivity contribution is 6.30. The van der Waals surface area contributed by atoms with Crippen LogP contribution in [0.1, 0.15) is 24.8 Å². The summed E-state index contributed by atoms with van der Waals surface area (Å²) in [6.07, 6.45) is 3.20. The fourth-order valence-electron chi connectivity index (χ4n) is 3.56. The minimum atomic E-state index is 0.108. The van der Waals surface area contributed by atoms with Crippen molar-refractivity contribution in [3.63, 3.8) is 0 Å². The molecule has 29 heavy (non-hydrogen) atoms. The zero-order chi connectivity index (χ0) is 20.5. The summed E-state index contributed by atoms with van der Waals surface area (Å²) in [5.41, 5.74) is 1.09. The smallest absolute Gasteiger partial charge is 0.242 e. The Morgan fingerprint density at radius 1 is 1.28 bits per heavy atom. The van der Waals surface area contributed by atoms with Crippen LogP contribution in [0.3, 0.4) is 0 Å². The molecule has 1 amide bonds. The van der Waals surface area contributed by atoms with Gasteiger partial charge in [0.25, 0.3) is 0 Å². The number of amides is 1. The normalized spacial score (nSPS) is 19.0. The molecule has 0 spiro atoms. The van der Waals surface area contributed by atoms with E-state index in [0.29, 0.717) is 30.8 Å². The van der Waals surface area contributed by atoms with Gasteiger partial charge in [-0.3, -0.25) is 9.79 Å². The average molecular weight is 423 g/mol. The second-order valence-electron chi connectivity index (χ2n) is 7.37. The third-order valence-corrected chi connectivity index (χ3v) is 5.49. The molecule has 2 aliphatic heterocycles. The van der Waals surface area contributed by atoms with Crippen molar-refractivity contribution in [3.05, 3.63) is 34.9 Å². The van der Waals surface area contributed by atoms with E-state index >= 15 is 0 Å². The molecule has 160 valence electrons. The standard InChI is InChI=1S/C21H31ClN4O3/c1-23-21(24-9-2-12-29-19-7-13-28-14-8-19)26-11-10-25(20(27)16-26)15-17-3-5-18(22)6-4-17/h3-6,19H,2,7-16H2,1H3,(H,23,24). The number of carbonyl (C=O) groups excluding carboxylic acids is 1. The minimum Gasteiger partial charge on any atom is -0.381 e. The average Bonchev–Trinajstić information content (AvgIpc) is 2.74. The Labute approximate surface area is 178 Å². The molecule has 1 aromatic rings. The number of hydrogen-bond acceptors (Lipinski definition) is 4. The van der Waals surface area contributed by atoms with E-state index in [1.165, 1.54) is 0 Å². The predicted molar refractivity (Wildman–Crippen MR) is 114 cm³/mol. The fraction of sp³-hybridized carbons (Fsp3) is 0.619. The van der Waals surface area contributed by atoms with Gasteiger partial charge in [0.05, 0.1) is 12.6 Å². The Hall–Kier alpha value is -1.83. The van der Waals surface area contributed by atoms with E-state index in [2.05, 4.69) is 10.3 Å². The van der Waals surface area contributed by atoms with Crippen LogP contribution in [0.15, 0.2) is 29.3 Å². The molecule has 2 aliphatic rings. The summed E-state index contributed by atoms with van der Waals surface area (Å²) in [5, 5.41) is 4.06. The number of hydrogen-bond donors (Lipinski definition) is 1. The molecule has 1 N–H and O–H groups in total. The fourth-order valence-corrected chi connectivity index (χ4v) is 3.69. The topological polar surface area (TPSA) is 66.4 Å². The summed E-state index contributed by atoms with van der Waals surface area (Å²) in [5.74, 6) is 0.882. The highest BCUT2D eigenvalue weighted by Gasteiger charge is 2.25. The zero-order valence-electron chi connectivity index (χ0n) is 17.1. The summed E-state index contributed by atoms with van der Waals surface area (Å²) in [6.45, 7) is 5.48. The minimum absolute atomic E-state index is 0.108. The van der Waals surface area contributed by atoms with E-state index in [9.17, 15) is 4.79 Å². The molecular weight excluding hydrogens is 392 g/mol. The number of ether oxygens (including phenoxy) is 2. The van der Waals surface area contributed by atoms with Gasteiger partial charge in [0.2, 0.25) is 5.91 Å². The van der Waals surface area contributed by atoms with Crippen LogP contribution >= 0.6 is 11.6 Å². The maximum Gasteiger partial charge on any atom is 0.242 e. The van der Waals surface area contributed by atoms with Crippen molar-refractivity contribution in [1.82, 2.24) is 15.1 Å². The lowest BCUT2D eigenvalue weighted by Crippen LogP contribution is -2.55. The highest BCUT2D eigenvalue weighted by atomic mass is 35.5. The molecule has 1 aromatic carbocycles. The predicted octanol–water partition coefficient (Wildman–Crippen LogP) is 2.15. The first kappa shape index (κ1) is 21.9. The summed E-state index contributed by atoms with van der Waals surface area (Å²) in [6, 6.07) is 7.64. The van der Waals surface area contributed by atoms with Gasteiger partial charge in [0, 0.05) is 58.1 Å². The molecular formula is C21H31ClN4O3. The molecule has 2 fully saturated rings. The molecule has 8 heteroatoms. The Morgan fingerprint density at radius 3 is 2.72 bits per heavy atom. The highest BCUT2D eigenvalue weighted by Crippen LogP contribution is 2.14. The number of carbonyl (C=O) groups is 1. The van der Waals surface area contributed by atoms with Crippen molar-refractivity contribution in [1.29, 1.82) is 0 Å². The molecule has 0 bridgehead atoms. The van der Waals surface area contributed by atoms with Crippen molar-refractivity contribution in [3.8, 4) is 0 Å². The third-order valence-electron chi connectivity index (χ3n) is 5.24. The second kappa shape index (κ2) is 11.4. The van der Waals surface area contributed by atoms with Crippen LogP contribution < -0.4 is 5.32 Å². The van der Waals surface area contributed by atoms with Crippen LogP contribution in [-0.2, 0) is 20.8 Å². The first-order valence-electron chi connectivity index (χ1n) is 10.3. The number of rotatable bonds is 7. The van der Waals surface area contributed by atoms with Crippen LogP contribution in [0.25, 0.3) is 0 Å². The van der Waals surface area contributed by atoms with Crippen molar-refractivity contribution < 1.29 is 14.3 Å². The molecule has 2 heterocycles. The van der Waals surface area contributed by atoms with Crippen LogP contribution in [0.4, 0.5) is 0 Å². The maximum atomic E-state index is 12.6. The van der Waals surface area contributed by atoms with Crippen LogP contribution in [0, 0.1) is 0 Å². The van der Waals surface area contributed by atoms with Gasteiger partial charge < -0.3 is 24.6 Å². The summed E-state index contributed by atoms with van der Waals surface area (Å²) in [7, 11) is 1.76. The molecule has 0 atom stereocenters. The molecule has 0 aliphatic carbocycles. The largest absolute Gasteiger partial charge is 0.381 e. The quantitative estimate of drug-likeness (QED) is 0.414. The van der Waals surface area contributed by atoms with Gasteiger partial charge in [0.1, 0.15) is 0 Å². The number of piperazine rings is 1. The van der Waals surface area contributed by atoms with Gasteiger partial charge in [-0.25, -0.2) is 0 Å². The lowest BCUT2D eigenvalue weighted by Gasteiger charge is -2.36. The SMILES string of the molecule is CN=C(NCCCOC1CCOCC1)N1CCN(Cc2ccc(Cl)cc2)C(=O)C1. The summed E-state index contributed by atoms with van der Waals surface area (Å²) in [4.78, 5) is 20.8. The first-order valence-corrected chi connectivity index (χ1v) is 10.7. The molecule has 0 aromatic heterocycles. The van der Waals surface area contributed by atoms with Crippen molar-refractivity contribution in [2.75, 3.05) is 53.0 Å². The monoisotopic (exact) mass is 422 g/mol.